The molecule has 1 heterocycles. The van der Waals surface area contributed by atoms with Gasteiger partial charge in [0.2, 0.25) is 17.8 Å². The molecule has 1 unspecified atom stereocenters. The Morgan fingerprint density at radius 2 is 1.75 bits per heavy atom. The zero-order chi connectivity index (χ0) is 38.8. The van der Waals surface area contributed by atoms with Crippen molar-refractivity contribution in [2.75, 3.05) is 19.0 Å². The van der Waals surface area contributed by atoms with Crippen LogP contribution in [0.15, 0.2) is 51.8 Å². The minimum atomic E-state index is -4.07. The van der Waals surface area contributed by atoms with E-state index in [1.807, 2.05) is 0 Å². The second kappa shape index (κ2) is 18.1. The quantitative estimate of drug-likeness (QED) is 0.0748. The molecule has 52 heavy (non-hydrogen) atoms. The molecule has 7 N–H and O–H groups in total. The molecule has 0 aliphatic rings. The number of anilines is 1. The summed E-state index contributed by atoms with van der Waals surface area (Å²) in [7, 11) is -2.56. The molecular formula is C35H49N7O8S2. The normalized spacial score (nSPS) is 13.8. The molecule has 2 aromatic carbocycles. The van der Waals surface area contributed by atoms with Crippen molar-refractivity contribution in [3.05, 3.63) is 69.2 Å². The van der Waals surface area contributed by atoms with Gasteiger partial charge in [-0.2, -0.15) is 0 Å². The Morgan fingerprint density at radius 3 is 2.33 bits per heavy atom. The first-order valence-electron chi connectivity index (χ1n) is 16.5. The van der Waals surface area contributed by atoms with Crippen molar-refractivity contribution in [2.24, 2.45) is 10.7 Å². The molecule has 0 spiro atoms. The fourth-order valence-electron chi connectivity index (χ4n) is 5.35. The summed E-state index contributed by atoms with van der Waals surface area (Å²) in [5.41, 5.74) is 8.11. The highest BCUT2D eigenvalue weighted by Crippen LogP contribution is 2.30. The number of hydrogen-bond acceptors (Lipinski definition) is 11. The zero-order valence-electron chi connectivity index (χ0n) is 30.7. The van der Waals surface area contributed by atoms with E-state index in [0.29, 0.717) is 38.7 Å². The number of benzene rings is 2. The molecular weight excluding hydrogens is 711 g/mol. The lowest BCUT2D eigenvalue weighted by atomic mass is 10.0. The number of alkyl carbamates (subject to hydrolysis) is 1. The van der Waals surface area contributed by atoms with Crippen LogP contribution in [-0.4, -0.2) is 73.7 Å². The molecule has 0 bridgehead atoms. The topological polar surface area (TPSA) is 223 Å². The number of hydrogen-bond donors (Lipinski definition) is 6. The van der Waals surface area contributed by atoms with E-state index in [-0.39, 0.29) is 42.6 Å². The molecule has 0 aliphatic heterocycles. The van der Waals surface area contributed by atoms with Gasteiger partial charge in [-0.15, -0.1) is 11.3 Å². The molecule has 0 saturated heterocycles. The van der Waals surface area contributed by atoms with Gasteiger partial charge in [0.15, 0.2) is 0 Å². The van der Waals surface area contributed by atoms with Crippen molar-refractivity contribution >= 4 is 50.9 Å². The molecule has 3 rings (SSSR count). The number of nitrogens with two attached hydrogens (primary N) is 1. The summed E-state index contributed by atoms with van der Waals surface area (Å²) in [4.78, 5) is 46.5. The minimum absolute atomic E-state index is 0.0607. The third-order valence-electron chi connectivity index (χ3n) is 7.80. The average Bonchev–Trinajstić information content (AvgIpc) is 3.58. The largest absolute Gasteiger partial charge is 0.496 e. The summed E-state index contributed by atoms with van der Waals surface area (Å²) < 4.78 is 39.6. The number of thiazole rings is 1. The van der Waals surface area contributed by atoms with Crippen LogP contribution < -0.4 is 31.1 Å². The van der Waals surface area contributed by atoms with E-state index in [9.17, 15) is 27.9 Å². The molecule has 0 aliphatic carbocycles. The number of aromatic nitrogens is 1. The summed E-state index contributed by atoms with van der Waals surface area (Å²) >= 11 is 1.21. The van der Waals surface area contributed by atoms with E-state index in [1.54, 1.807) is 77.3 Å². The van der Waals surface area contributed by atoms with Crippen LogP contribution in [0.3, 0.4) is 0 Å². The predicted molar refractivity (Wildman–Crippen MR) is 200 cm³/mol. The number of sulfonamides is 1. The summed E-state index contributed by atoms with van der Waals surface area (Å²) in [5.74, 6) is -0.570. The lowest BCUT2D eigenvalue weighted by Gasteiger charge is -2.27. The predicted octanol–water partition coefficient (Wildman–Crippen LogP) is 3.76. The third kappa shape index (κ3) is 12.2. The smallest absolute Gasteiger partial charge is 0.408 e. The fourth-order valence-corrected chi connectivity index (χ4v) is 7.51. The summed E-state index contributed by atoms with van der Waals surface area (Å²) in [6, 6.07) is 6.47. The molecule has 0 saturated carbocycles. The van der Waals surface area contributed by atoms with Crippen molar-refractivity contribution in [2.45, 2.75) is 96.4 Å². The van der Waals surface area contributed by atoms with Gasteiger partial charge in [0.25, 0.3) is 10.0 Å². The molecule has 15 nitrogen and oxygen atoms in total. The van der Waals surface area contributed by atoms with Gasteiger partial charge >= 0.3 is 6.09 Å². The van der Waals surface area contributed by atoms with E-state index in [0.717, 1.165) is 0 Å². The van der Waals surface area contributed by atoms with Crippen LogP contribution in [-0.2, 0) is 30.8 Å². The molecule has 17 heteroatoms. The van der Waals surface area contributed by atoms with Crippen LogP contribution >= 0.6 is 11.3 Å². The first kappa shape index (κ1) is 41.7. The number of aliphatic hydroxyl groups is 1. The number of carbonyl (C=O) groups excluding carboxylic acids is 3. The number of nitrogens with one attached hydrogen (secondary N) is 4. The van der Waals surface area contributed by atoms with Gasteiger partial charge in [-0.05, 0) is 94.8 Å². The Kier molecular flexibility index (Phi) is 14.5. The Morgan fingerprint density at radius 1 is 1.08 bits per heavy atom. The van der Waals surface area contributed by atoms with Crippen LogP contribution in [0.1, 0.15) is 73.9 Å². The van der Waals surface area contributed by atoms with Crippen molar-refractivity contribution in [3.63, 3.8) is 0 Å². The molecule has 0 radical (unpaired) electrons. The second-order valence-electron chi connectivity index (χ2n) is 13.2. The first-order valence-corrected chi connectivity index (χ1v) is 18.9. The van der Waals surface area contributed by atoms with Gasteiger partial charge < -0.3 is 36.3 Å². The summed E-state index contributed by atoms with van der Waals surface area (Å²) in [6.07, 6.45) is 0.0683. The third-order valence-corrected chi connectivity index (χ3v) is 10.3. The van der Waals surface area contributed by atoms with Crippen molar-refractivity contribution < 1.29 is 37.4 Å². The van der Waals surface area contributed by atoms with Gasteiger partial charge in [0.1, 0.15) is 28.5 Å². The Labute approximate surface area is 308 Å². The Hall–Kier alpha value is -4.74. The Bertz CT molecular complexity index is 1840. The maximum Gasteiger partial charge on any atom is 0.408 e. The highest BCUT2D eigenvalue weighted by Gasteiger charge is 2.30. The number of aliphatic imine (C=N–C) groups is 1. The average molecular weight is 760 g/mol. The van der Waals surface area contributed by atoms with Crippen LogP contribution in [0.2, 0.25) is 0 Å². The maximum atomic E-state index is 13.8. The molecule has 3 amide bonds. The van der Waals surface area contributed by atoms with Crippen molar-refractivity contribution in [1.29, 1.82) is 0 Å². The van der Waals surface area contributed by atoms with Crippen LogP contribution in [0, 0.1) is 20.8 Å². The minimum Gasteiger partial charge on any atom is -0.496 e. The number of carbonyl (C=O) groups is 3. The van der Waals surface area contributed by atoms with E-state index < -0.39 is 45.8 Å². The second-order valence-corrected chi connectivity index (χ2v) is 15.7. The molecule has 0 fully saturated rings. The number of amides is 3. The monoisotopic (exact) mass is 759 g/mol. The number of aryl methyl sites for hydroxylation is 1. The lowest BCUT2D eigenvalue weighted by Crippen LogP contribution is -2.52. The molecule has 1 aromatic heterocycles. The van der Waals surface area contributed by atoms with Crippen molar-refractivity contribution in [3.8, 4) is 5.75 Å². The molecule has 3 aromatic rings. The summed E-state index contributed by atoms with van der Waals surface area (Å²) in [6.45, 7) is 11.7. The van der Waals surface area contributed by atoms with E-state index >= 15 is 0 Å². The maximum absolute atomic E-state index is 13.8. The van der Waals surface area contributed by atoms with E-state index in [4.69, 9.17) is 15.2 Å². The number of aliphatic hydroxyl groups excluding tert-OH is 1. The van der Waals surface area contributed by atoms with Crippen molar-refractivity contribution in [1.82, 2.24) is 20.3 Å². The number of ether oxygens (including phenoxy) is 2. The molecule has 284 valence electrons. The van der Waals surface area contributed by atoms with E-state index in [2.05, 4.69) is 30.6 Å². The number of nitrogens with zero attached hydrogens (tertiary/aromatic N) is 2. The number of guanidine groups is 1. The van der Waals surface area contributed by atoms with Gasteiger partial charge in [0, 0.05) is 37.2 Å². The highest BCUT2D eigenvalue weighted by atomic mass is 32.2. The zero-order valence-corrected chi connectivity index (χ0v) is 32.3. The number of rotatable bonds is 15. The van der Waals surface area contributed by atoms with E-state index in [1.165, 1.54) is 31.6 Å². The van der Waals surface area contributed by atoms with Crippen LogP contribution in [0.5, 0.6) is 5.75 Å². The summed E-state index contributed by atoms with van der Waals surface area (Å²) in [5, 5.41) is 21.5. The van der Waals surface area contributed by atoms with Gasteiger partial charge in [-0.25, -0.2) is 22.9 Å². The van der Waals surface area contributed by atoms with Gasteiger partial charge in [-0.1, -0.05) is 12.1 Å². The molecule has 3 atom stereocenters. The Balaban J connectivity index is 1.77. The SMILES string of the molecule is COc1cc(C)c(S(=O)(=O)NC(N)=NCCC[C@H](NC(=O)[C@H](Cc2ccc(NC(C)=O)cc2)NC(=O)OC(C)(C)C)C(O)c2nccs2)c(C)c1C. The highest BCUT2D eigenvalue weighted by molar-refractivity contribution is 7.90. The van der Waals surface area contributed by atoms with Crippen LogP contribution in [0.25, 0.3) is 0 Å². The lowest BCUT2D eigenvalue weighted by molar-refractivity contribution is -0.125. The standard InChI is InChI=1S/C35H49N7O8S2/c1-20-18-28(49-8)21(2)22(3)30(20)52(47,48)42-33(36)38-15-9-10-26(29(44)32-37-16-17-51-32)40-31(45)27(41-34(46)50-35(5,6)7)19-24-11-13-25(14-12-24)39-23(4)43/h11-14,16-18,26-27,29,44H,9-10,15,19H2,1-8H3,(H,39,43)(H,40,45)(H,41,46)(H3,36,38,42)/t26-,27-,29?/m0/s1. The fraction of sp³-hybridized carbons (Fsp3) is 0.457. The van der Waals surface area contributed by atoms with Gasteiger partial charge in [0.05, 0.1) is 18.0 Å². The number of methoxy groups -OCH3 is 1. The first-order chi connectivity index (χ1) is 24.3. The van der Waals surface area contributed by atoms with Gasteiger partial charge in [-0.3, -0.25) is 14.6 Å². The van der Waals surface area contributed by atoms with Crippen LogP contribution in [0.4, 0.5) is 10.5 Å².